The van der Waals surface area contributed by atoms with Crippen molar-refractivity contribution < 1.29 is 18.8 Å². The second-order valence-corrected chi connectivity index (χ2v) is 10.0. The van der Waals surface area contributed by atoms with Gasteiger partial charge in [-0.25, -0.2) is 0 Å². The van der Waals surface area contributed by atoms with Gasteiger partial charge in [0.15, 0.2) is 0 Å². The Kier molecular flexibility index (Phi) is 6.05. The summed E-state index contributed by atoms with van der Waals surface area (Å²) < 4.78 is 17.7. The van der Waals surface area contributed by atoms with Crippen LogP contribution < -0.4 is 10.4 Å². The van der Waals surface area contributed by atoms with Crippen LogP contribution in [0.25, 0.3) is 0 Å². The van der Waals surface area contributed by atoms with Crippen LogP contribution in [0.3, 0.4) is 0 Å². The van der Waals surface area contributed by atoms with E-state index in [1.165, 1.54) is 5.69 Å². The fourth-order valence-electron chi connectivity index (χ4n) is 3.54. The molecule has 0 aliphatic carbocycles. The zero-order chi connectivity index (χ0) is 21.4. The molecule has 0 N–H and O–H groups in total. The van der Waals surface area contributed by atoms with E-state index in [0.29, 0.717) is 6.54 Å². The third-order valence-electron chi connectivity index (χ3n) is 5.93. The predicted octanol–water partition coefficient (Wildman–Crippen LogP) is 2.45. The van der Waals surface area contributed by atoms with Crippen LogP contribution in [-0.2, 0) is 18.8 Å². The Morgan fingerprint density at radius 1 is 1.00 bits per heavy atom. The minimum atomic E-state index is -0.433. The minimum Gasteiger partial charge on any atom is -0.459 e. The summed E-state index contributed by atoms with van der Waals surface area (Å²) in [6, 6.07) is 8.43. The van der Waals surface area contributed by atoms with Crippen LogP contribution in [0, 0.1) is 0 Å². The predicted molar refractivity (Wildman–Crippen MR) is 117 cm³/mol. The Hall–Kier alpha value is -1.57. The van der Waals surface area contributed by atoms with E-state index in [9.17, 15) is 4.79 Å². The second kappa shape index (κ2) is 7.93. The van der Waals surface area contributed by atoms with Gasteiger partial charge in [0.05, 0.1) is 17.7 Å². The molecule has 29 heavy (non-hydrogen) atoms. The first-order valence-electron chi connectivity index (χ1n) is 10.5. The molecule has 2 saturated heterocycles. The summed E-state index contributed by atoms with van der Waals surface area (Å²) in [6.45, 7) is 17.8. The summed E-state index contributed by atoms with van der Waals surface area (Å²) in [5.74, 6) is -0.155. The highest BCUT2D eigenvalue weighted by atomic mass is 16.7. The fourth-order valence-corrected chi connectivity index (χ4v) is 3.54. The Labute approximate surface area is 175 Å². The van der Waals surface area contributed by atoms with Crippen molar-refractivity contribution in [1.29, 1.82) is 0 Å². The Bertz CT molecular complexity index is 703. The van der Waals surface area contributed by atoms with Crippen LogP contribution in [0.1, 0.15) is 48.5 Å². The molecule has 3 rings (SSSR count). The number of hydrogen-bond acceptors (Lipinski definition) is 6. The zero-order valence-electron chi connectivity index (χ0n) is 18.9. The summed E-state index contributed by atoms with van der Waals surface area (Å²) in [6.07, 6.45) is 0. The van der Waals surface area contributed by atoms with Crippen molar-refractivity contribution in [2.24, 2.45) is 0 Å². The third-order valence-corrected chi connectivity index (χ3v) is 5.93. The molecule has 0 bridgehead atoms. The van der Waals surface area contributed by atoms with E-state index in [1.54, 1.807) is 0 Å². The van der Waals surface area contributed by atoms with Gasteiger partial charge in [-0.15, -0.1) is 0 Å². The largest absolute Gasteiger partial charge is 0.494 e. The lowest BCUT2D eigenvalue weighted by Crippen LogP contribution is -2.48. The van der Waals surface area contributed by atoms with E-state index in [4.69, 9.17) is 14.0 Å². The number of hydrogen-bond donors (Lipinski definition) is 0. The minimum absolute atomic E-state index is 0.155. The fraction of sp³-hybridized carbons (Fsp3) is 0.682. The molecule has 0 unspecified atom stereocenters. The number of benzene rings is 1. The van der Waals surface area contributed by atoms with E-state index < -0.39 is 5.60 Å². The Morgan fingerprint density at radius 3 is 2.00 bits per heavy atom. The second-order valence-electron chi connectivity index (χ2n) is 10.0. The molecule has 160 valence electrons. The number of piperazine rings is 1. The molecule has 1 aromatic rings. The summed E-state index contributed by atoms with van der Waals surface area (Å²) in [5.41, 5.74) is 1.12. The first-order chi connectivity index (χ1) is 13.4. The SMILES string of the molecule is CC(C)(C)OC(=O)CN1CCN(c2ccc(B3OC(C)(C)C(C)(C)O3)cc2)CC1. The van der Waals surface area contributed by atoms with Gasteiger partial charge in [0.2, 0.25) is 0 Å². The summed E-state index contributed by atoms with van der Waals surface area (Å²) in [4.78, 5) is 16.5. The average Bonchev–Trinajstić information content (AvgIpc) is 2.82. The highest BCUT2D eigenvalue weighted by Gasteiger charge is 2.51. The first-order valence-corrected chi connectivity index (χ1v) is 10.5. The molecule has 0 radical (unpaired) electrons. The molecular weight excluding hydrogens is 367 g/mol. The van der Waals surface area contributed by atoms with E-state index in [0.717, 1.165) is 31.6 Å². The number of rotatable bonds is 4. The molecular formula is C22H35BN2O4. The Balaban J connectivity index is 1.53. The number of ether oxygens (including phenoxy) is 1. The molecule has 2 heterocycles. The van der Waals surface area contributed by atoms with Crippen LogP contribution in [0.15, 0.2) is 24.3 Å². The summed E-state index contributed by atoms with van der Waals surface area (Å²) in [5, 5.41) is 0. The molecule has 2 aliphatic rings. The van der Waals surface area contributed by atoms with E-state index in [2.05, 4.69) is 61.8 Å². The monoisotopic (exact) mass is 402 g/mol. The van der Waals surface area contributed by atoms with Crippen LogP contribution in [-0.4, -0.2) is 67.5 Å². The molecule has 0 saturated carbocycles. The van der Waals surface area contributed by atoms with Gasteiger partial charge in [0.1, 0.15) is 5.60 Å². The van der Waals surface area contributed by atoms with Crippen LogP contribution in [0.5, 0.6) is 0 Å². The maximum atomic E-state index is 12.0. The lowest BCUT2D eigenvalue weighted by atomic mass is 9.79. The molecule has 1 aromatic carbocycles. The van der Waals surface area contributed by atoms with Crippen molar-refractivity contribution in [3.05, 3.63) is 24.3 Å². The third kappa shape index (κ3) is 5.33. The van der Waals surface area contributed by atoms with Crippen molar-refractivity contribution in [3.8, 4) is 0 Å². The molecule has 2 aliphatic heterocycles. The zero-order valence-corrected chi connectivity index (χ0v) is 18.9. The quantitative estimate of drug-likeness (QED) is 0.570. The standard InChI is InChI=1S/C22H35BN2O4/c1-20(2,3)27-19(26)16-24-12-14-25(15-13-24)18-10-8-17(9-11-18)23-28-21(4,5)22(6,7)29-23/h8-11H,12-16H2,1-7H3. The molecule has 0 amide bonds. The molecule has 7 heteroatoms. The van der Waals surface area contributed by atoms with E-state index in [-0.39, 0.29) is 24.3 Å². The van der Waals surface area contributed by atoms with E-state index >= 15 is 0 Å². The van der Waals surface area contributed by atoms with Crippen molar-refractivity contribution in [1.82, 2.24) is 4.90 Å². The normalized spacial score (nSPS) is 22.0. The Morgan fingerprint density at radius 2 is 1.52 bits per heavy atom. The van der Waals surface area contributed by atoms with Gasteiger partial charge in [-0.1, -0.05) is 12.1 Å². The maximum Gasteiger partial charge on any atom is 0.494 e. The number of anilines is 1. The van der Waals surface area contributed by atoms with Gasteiger partial charge in [-0.2, -0.15) is 0 Å². The maximum absolute atomic E-state index is 12.0. The highest BCUT2D eigenvalue weighted by Crippen LogP contribution is 2.36. The molecule has 0 atom stereocenters. The van der Waals surface area contributed by atoms with Gasteiger partial charge < -0.3 is 18.9 Å². The summed E-state index contributed by atoms with van der Waals surface area (Å²) >= 11 is 0. The molecule has 2 fully saturated rings. The van der Waals surface area contributed by atoms with Gasteiger partial charge in [0.25, 0.3) is 0 Å². The van der Waals surface area contributed by atoms with Gasteiger partial charge in [-0.3, -0.25) is 9.69 Å². The van der Waals surface area contributed by atoms with Crippen LogP contribution >= 0.6 is 0 Å². The number of carbonyl (C=O) groups excluding carboxylic acids is 1. The summed E-state index contributed by atoms with van der Waals surface area (Å²) in [7, 11) is -0.334. The number of carbonyl (C=O) groups is 1. The van der Waals surface area contributed by atoms with Crippen LogP contribution in [0.4, 0.5) is 5.69 Å². The highest BCUT2D eigenvalue weighted by molar-refractivity contribution is 6.62. The topological polar surface area (TPSA) is 51.2 Å². The number of nitrogens with zero attached hydrogens (tertiary/aromatic N) is 2. The van der Waals surface area contributed by atoms with Crippen molar-refractivity contribution in [2.45, 2.75) is 65.3 Å². The molecule has 6 nitrogen and oxygen atoms in total. The van der Waals surface area contributed by atoms with Gasteiger partial charge in [-0.05, 0) is 66.1 Å². The lowest BCUT2D eigenvalue weighted by Gasteiger charge is -2.36. The molecule has 0 aromatic heterocycles. The van der Waals surface area contributed by atoms with E-state index in [1.807, 2.05) is 20.8 Å². The number of esters is 1. The van der Waals surface area contributed by atoms with Crippen LogP contribution in [0.2, 0.25) is 0 Å². The average molecular weight is 402 g/mol. The molecule has 0 spiro atoms. The van der Waals surface area contributed by atoms with Crippen molar-refractivity contribution in [3.63, 3.8) is 0 Å². The van der Waals surface area contributed by atoms with Crippen molar-refractivity contribution >= 4 is 24.2 Å². The lowest BCUT2D eigenvalue weighted by molar-refractivity contribution is -0.156. The van der Waals surface area contributed by atoms with Gasteiger partial charge in [0, 0.05) is 31.9 Å². The van der Waals surface area contributed by atoms with Crippen molar-refractivity contribution in [2.75, 3.05) is 37.6 Å². The first kappa shape index (κ1) is 22.1. The smallest absolute Gasteiger partial charge is 0.459 e. The van der Waals surface area contributed by atoms with Gasteiger partial charge >= 0.3 is 13.1 Å².